The van der Waals surface area contributed by atoms with Gasteiger partial charge in [0.2, 0.25) is 5.91 Å². The molecule has 12 heteroatoms. The number of aryl methyl sites for hydroxylation is 1. The van der Waals surface area contributed by atoms with Gasteiger partial charge in [-0.15, -0.1) is 0 Å². The Bertz CT molecular complexity index is 1210. The number of rotatable bonds is 6. The third-order valence-corrected chi connectivity index (χ3v) is 5.67. The van der Waals surface area contributed by atoms with Crippen molar-refractivity contribution in [3.8, 4) is 11.5 Å². The van der Waals surface area contributed by atoms with Crippen LogP contribution in [0.25, 0.3) is 0 Å². The van der Waals surface area contributed by atoms with Crippen molar-refractivity contribution in [1.29, 1.82) is 0 Å². The predicted molar refractivity (Wildman–Crippen MR) is 117 cm³/mol. The van der Waals surface area contributed by atoms with E-state index in [4.69, 9.17) is 4.74 Å². The fourth-order valence-electron chi connectivity index (χ4n) is 2.98. The summed E-state index contributed by atoms with van der Waals surface area (Å²) in [6, 6.07) is 9.54. The molecule has 0 bridgehead atoms. The van der Waals surface area contributed by atoms with Gasteiger partial charge in [-0.3, -0.25) is 19.6 Å². The van der Waals surface area contributed by atoms with Crippen molar-refractivity contribution < 1.29 is 27.6 Å². The Kier molecular flexibility index (Phi) is 6.77. The van der Waals surface area contributed by atoms with E-state index in [2.05, 4.69) is 26.3 Å². The molecule has 0 saturated carbocycles. The minimum atomic E-state index is -4.70. The van der Waals surface area contributed by atoms with Gasteiger partial charge in [-0.25, -0.2) is 0 Å². The van der Waals surface area contributed by atoms with Gasteiger partial charge in [0.05, 0.1) is 26.8 Å². The number of alkyl halides is 3. The summed E-state index contributed by atoms with van der Waals surface area (Å²) in [5.41, 5.74) is -0.336. The van der Waals surface area contributed by atoms with Crippen LogP contribution in [0.1, 0.15) is 29.9 Å². The molecule has 1 heterocycles. The quantitative estimate of drug-likeness (QED) is 0.305. The minimum Gasteiger partial charge on any atom is -0.457 e. The molecule has 1 amide bonds. The van der Waals surface area contributed by atoms with Gasteiger partial charge in [-0.2, -0.15) is 18.3 Å². The number of nitro groups is 1. The monoisotopic (exact) mass is 526 g/mol. The SMILES string of the molecule is Cc1ccc(Oc2cc(NC(=O)C(C)n3nc(C(F)(F)F)c(Br)c3C)cc([N+](=O)[O-])c2)cc1. The Balaban J connectivity index is 1.87. The van der Waals surface area contributed by atoms with E-state index in [0.717, 1.165) is 16.3 Å². The molecule has 3 aromatic rings. The first kappa shape index (κ1) is 24.2. The second-order valence-corrected chi connectivity index (χ2v) is 8.04. The van der Waals surface area contributed by atoms with Gasteiger partial charge in [0.15, 0.2) is 5.69 Å². The number of carbonyl (C=O) groups excluding carboxylic acids is 1. The number of hydrogen-bond donors (Lipinski definition) is 1. The lowest BCUT2D eigenvalue weighted by molar-refractivity contribution is -0.384. The number of nitro benzene ring substituents is 1. The lowest BCUT2D eigenvalue weighted by Crippen LogP contribution is -2.25. The molecule has 174 valence electrons. The molecular weight excluding hydrogens is 509 g/mol. The van der Waals surface area contributed by atoms with Crippen LogP contribution >= 0.6 is 15.9 Å². The Labute approximate surface area is 194 Å². The molecule has 0 aliphatic carbocycles. The number of halogens is 4. The van der Waals surface area contributed by atoms with Gasteiger partial charge in [-0.1, -0.05) is 17.7 Å². The third-order valence-electron chi connectivity index (χ3n) is 4.72. The van der Waals surface area contributed by atoms with Crippen LogP contribution in [0.5, 0.6) is 11.5 Å². The average molecular weight is 527 g/mol. The van der Waals surface area contributed by atoms with E-state index >= 15 is 0 Å². The summed E-state index contributed by atoms with van der Waals surface area (Å²) in [6.45, 7) is 4.64. The highest BCUT2D eigenvalue weighted by molar-refractivity contribution is 9.10. The highest BCUT2D eigenvalue weighted by Gasteiger charge is 2.39. The number of carbonyl (C=O) groups is 1. The number of benzene rings is 2. The number of aromatic nitrogens is 2. The van der Waals surface area contributed by atoms with E-state index in [1.807, 2.05) is 6.92 Å². The van der Waals surface area contributed by atoms with Crippen molar-refractivity contribution in [2.45, 2.75) is 33.0 Å². The molecule has 1 atom stereocenters. The van der Waals surface area contributed by atoms with Crippen molar-refractivity contribution in [3.05, 3.63) is 74.0 Å². The molecule has 1 aromatic heterocycles. The number of ether oxygens (including phenoxy) is 1. The van der Waals surface area contributed by atoms with Crippen molar-refractivity contribution in [2.75, 3.05) is 5.32 Å². The first-order chi connectivity index (χ1) is 15.4. The van der Waals surface area contributed by atoms with E-state index in [0.29, 0.717) is 5.75 Å². The smallest absolute Gasteiger partial charge is 0.436 e. The van der Waals surface area contributed by atoms with Gasteiger partial charge in [0.25, 0.3) is 5.69 Å². The second-order valence-electron chi connectivity index (χ2n) is 7.24. The number of hydrogen-bond acceptors (Lipinski definition) is 5. The zero-order valence-corrected chi connectivity index (χ0v) is 19.2. The Hall–Kier alpha value is -3.41. The lowest BCUT2D eigenvalue weighted by Gasteiger charge is -2.15. The summed E-state index contributed by atoms with van der Waals surface area (Å²) in [4.78, 5) is 23.4. The number of nitrogens with one attached hydrogen (secondary N) is 1. The summed E-state index contributed by atoms with van der Waals surface area (Å²) in [5.74, 6) is -0.180. The predicted octanol–water partition coefficient (Wildman–Crippen LogP) is 6.18. The zero-order chi connectivity index (χ0) is 24.5. The van der Waals surface area contributed by atoms with Gasteiger partial charge in [-0.05, 0) is 48.8 Å². The highest BCUT2D eigenvalue weighted by atomic mass is 79.9. The fraction of sp³-hybridized carbons (Fsp3) is 0.238. The van der Waals surface area contributed by atoms with Crippen molar-refractivity contribution in [2.24, 2.45) is 0 Å². The maximum absolute atomic E-state index is 13.1. The van der Waals surface area contributed by atoms with Gasteiger partial charge in [0, 0.05) is 12.1 Å². The molecule has 2 aromatic carbocycles. The summed E-state index contributed by atoms with van der Waals surface area (Å²) in [7, 11) is 0. The van der Waals surface area contributed by atoms with E-state index in [-0.39, 0.29) is 27.3 Å². The normalized spacial score (nSPS) is 12.3. The molecule has 0 aliphatic heterocycles. The van der Waals surface area contributed by atoms with E-state index in [9.17, 15) is 28.1 Å². The minimum absolute atomic E-state index is 0.0445. The van der Waals surface area contributed by atoms with E-state index in [1.165, 1.54) is 26.0 Å². The van der Waals surface area contributed by atoms with E-state index < -0.39 is 28.7 Å². The fourth-order valence-corrected chi connectivity index (χ4v) is 3.46. The van der Waals surface area contributed by atoms with Crippen LogP contribution < -0.4 is 10.1 Å². The van der Waals surface area contributed by atoms with Crippen LogP contribution in [0, 0.1) is 24.0 Å². The molecular formula is C21H18BrF3N4O4. The molecule has 3 rings (SSSR count). The Morgan fingerprint density at radius 1 is 1.18 bits per heavy atom. The Morgan fingerprint density at radius 3 is 2.36 bits per heavy atom. The first-order valence-corrected chi connectivity index (χ1v) is 10.3. The molecule has 1 unspecified atom stereocenters. The standard InChI is InChI=1S/C21H18BrF3N4O4/c1-11-4-6-16(7-5-11)33-17-9-14(8-15(10-17)29(31)32)26-20(30)13(3)28-12(2)18(22)19(27-28)21(23,24)25/h4-10,13H,1-3H3,(H,26,30). The lowest BCUT2D eigenvalue weighted by atomic mass is 10.2. The Morgan fingerprint density at radius 2 is 1.82 bits per heavy atom. The molecule has 0 spiro atoms. The van der Waals surface area contributed by atoms with Gasteiger partial charge in [0.1, 0.15) is 17.5 Å². The van der Waals surface area contributed by atoms with Crippen LogP contribution in [-0.2, 0) is 11.0 Å². The van der Waals surface area contributed by atoms with Crippen molar-refractivity contribution in [1.82, 2.24) is 9.78 Å². The first-order valence-electron chi connectivity index (χ1n) is 9.53. The van der Waals surface area contributed by atoms with Crippen LogP contribution in [-0.4, -0.2) is 20.6 Å². The molecule has 0 aliphatic rings. The van der Waals surface area contributed by atoms with Crippen LogP contribution in [0.4, 0.5) is 24.5 Å². The third kappa shape index (κ3) is 5.51. The van der Waals surface area contributed by atoms with Crippen LogP contribution in [0.3, 0.4) is 0 Å². The van der Waals surface area contributed by atoms with Gasteiger partial charge < -0.3 is 10.1 Å². The van der Waals surface area contributed by atoms with Crippen molar-refractivity contribution >= 4 is 33.2 Å². The number of nitrogens with zero attached hydrogens (tertiary/aromatic N) is 3. The zero-order valence-electron chi connectivity index (χ0n) is 17.6. The van der Waals surface area contributed by atoms with E-state index in [1.54, 1.807) is 24.3 Å². The summed E-state index contributed by atoms with van der Waals surface area (Å²) in [5, 5.41) is 17.3. The molecule has 33 heavy (non-hydrogen) atoms. The average Bonchev–Trinajstić information content (AvgIpc) is 3.04. The largest absolute Gasteiger partial charge is 0.457 e. The molecule has 1 N–H and O–H groups in total. The molecule has 0 saturated heterocycles. The second kappa shape index (κ2) is 9.22. The summed E-state index contributed by atoms with van der Waals surface area (Å²) >= 11 is 2.87. The van der Waals surface area contributed by atoms with Crippen LogP contribution in [0.2, 0.25) is 0 Å². The maximum atomic E-state index is 13.1. The summed E-state index contributed by atoms with van der Waals surface area (Å²) < 4.78 is 45.7. The topological polar surface area (TPSA) is 99.3 Å². The van der Waals surface area contributed by atoms with Crippen molar-refractivity contribution in [3.63, 3.8) is 0 Å². The number of non-ortho nitro benzene ring substituents is 1. The van der Waals surface area contributed by atoms with Gasteiger partial charge >= 0.3 is 6.18 Å². The maximum Gasteiger partial charge on any atom is 0.436 e. The summed E-state index contributed by atoms with van der Waals surface area (Å²) in [6.07, 6.45) is -4.70. The molecule has 8 nitrogen and oxygen atoms in total. The van der Waals surface area contributed by atoms with Crippen LogP contribution in [0.15, 0.2) is 46.9 Å². The number of anilines is 1. The molecule has 0 fully saturated rings. The number of amides is 1. The molecule has 0 radical (unpaired) electrons. The highest BCUT2D eigenvalue weighted by Crippen LogP contribution is 2.36.